The minimum atomic E-state index is -0.0120. The Kier molecular flexibility index (Phi) is 7.95. The van der Waals surface area contributed by atoms with Crippen molar-refractivity contribution in [3.63, 3.8) is 0 Å². The van der Waals surface area contributed by atoms with Gasteiger partial charge in [0.15, 0.2) is 23.0 Å². The van der Waals surface area contributed by atoms with Crippen LogP contribution in [0.2, 0.25) is 0 Å². The normalized spacial score (nSPS) is 15.5. The maximum atomic E-state index is 6.40. The lowest BCUT2D eigenvalue weighted by Crippen LogP contribution is -2.60. The van der Waals surface area contributed by atoms with Crippen molar-refractivity contribution in [3.8, 4) is 23.0 Å². The summed E-state index contributed by atoms with van der Waals surface area (Å²) >= 11 is 3.82. The molecule has 0 spiro atoms. The summed E-state index contributed by atoms with van der Waals surface area (Å²) < 4.78 is 27.8. The number of anilines is 6. The van der Waals surface area contributed by atoms with Crippen LogP contribution in [-0.4, -0.2) is 33.1 Å². The van der Waals surface area contributed by atoms with Crippen molar-refractivity contribution in [2.45, 2.75) is 80.1 Å². The van der Waals surface area contributed by atoms with E-state index in [1.165, 1.54) is 69.1 Å². The van der Waals surface area contributed by atoms with E-state index in [1.807, 2.05) is 22.7 Å². The lowest BCUT2D eigenvalue weighted by atomic mass is 9.33. The second kappa shape index (κ2) is 12.7. The van der Waals surface area contributed by atoms with Crippen LogP contribution in [0.25, 0.3) is 20.2 Å². The van der Waals surface area contributed by atoms with E-state index in [2.05, 4.69) is 146 Å². The van der Waals surface area contributed by atoms with Crippen molar-refractivity contribution < 1.29 is 18.9 Å². The summed E-state index contributed by atoms with van der Waals surface area (Å²) in [6, 6.07) is 25.7. The SMILES string of the molecule is Cc1cc2c(c(C)c1N1c3cccc4c3B(c3c1sc1ccc(C(C)(C)C)cc31)c1c(sc3ccc(C(C)(C)C)cc13)N4c1c(C)cc3c(c1C)OCCO3)OCCO2. The van der Waals surface area contributed by atoms with Crippen molar-refractivity contribution >= 4 is 98.7 Å². The summed E-state index contributed by atoms with van der Waals surface area (Å²) in [6.45, 7) is 25.0. The molecule has 6 heterocycles. The average Bonchev–Trinajstić information content (AvgIpc) is 3.77. The van der Waals surface area contributed by atoms with E-state index in [-0.39, 0.29) is 17.5 Å². The Morgan fingerprint density at radius 3 is 1.37 bits per heavy atom. The van der Waals surface area contributed by atoms with E-state index in [0.717, 1.165) is 56.6 Å². The molecule has 5 aromatic carbocycles. The number of hydrogen-bond acceptors (Lipinski definition) is 8. The summed E-state index contributed by atoms with van der Waals surface area (Å²) in [5, 5.41) is 5.19. The second-order valence-corrected chi connectivity index (χ2v) is 20.8. The number of aryl methyl sites for hydroxylation is 2. The van der Waals surface area contributed by atoms with Crippen LogP contribution in [0.4, 0.5) is 32.8 Å². The van der Waals surface area contributed by atoms with Gasteiger partial charge in [0.05, 0.1) is 21.4 Å². The molecule has 0 atom stereocenters. The van der Waals surface area contributed by atoms with Crippen molar-refractivity contribution in [1.82, 2.24) is 0 Å². The van der Waals surface area contributed by atoms with E-state index in [1.54, 1.807) is 0 Å². The molecule has 7 aromatic rings. The first kappa shape index (κ1) is 36.9. The summed E-state index contributed by atoms with van der Waals surface area (Å²) in [6.07, 6.45) is 0. The zero-order valence-corrected chi connectivity index (χ0v) is 37.2. The smallest absolute Gasteiger partial charge is 0.256 e. The third-order valence-corrected chi connectivity index (χ3v) is 15.2. The minimum Gasteiger partial charge on any atom is -0.486 e. The van der Waals surface area contributed by atoms with Crippen LogP contribution in [0.1, 0.15) is 74.9 Å². The molecule has 0 unspecified atom stereocenters. The molecular formula is C50H49BN2O4S2. The molecule has 2 aromatic heterocycles. The molecule has 0 radical (unpaired) electrons. The number of rotatable bonds is 2. The molecule has 0 N–H and O–H groups in total. The lowest BCUT2D eigenvalue weighted by molar-refractivity contribution is 0.170. The molecule has 6 nitrogen and oxygen atoms in total. The molecule has 0 fully saturated rings. The Bertz CT molecular complexity index is 2760. The highest BCUT2D eigenvalue weighted by Crippen LogP contribution is 2.55. The van der Waals surface area contributed by atoms with Crippen LogP contribution in [0, 0.1) is 27.7 Å². The highest BCUT2D eigenvalue weighted by molar-refractivity contribution is 7.29. The fourth-order valence-electron chi connectivity index (χ4n) is 10.0. The summed E-state index contributed by atoms with van der Waals surface area (Å²) in [5.41, 5.74) is 15.9. The largest absolute Gasteiger partial charge is 0.486 e. The zero-order valence-electron chi connectivity index (χ0n) is 35.6. The Labute approximate surface area is 355 Å². The van der Waals surface area contributed by atoms with E-state index in [4.69, 9.17) is 18.9 Å². The van der Waals surface area contributed by atoms with Gasteiger partial charge >= 0.3 is 0 Å². The van der Waals surface area contributed by atoms with Crippen LogP contribution in [-0.2, 0) is 10.8 Å². The Morgan fingerprint density at radius 2 is 0.949 bits per heavy atom. The molecule has 11 rings (SSSR count). The maximum absolute atomic E-state index is 6.40. The van der Waals surface area contributed by atoms with Crippen molar-refractivity contribution in [1.29, 1.82) is 0 Å². The molecule has 0 bridgehead atoms. The van der Waals surface area contributed by atoms with Gasteiger partial charge in [-0.3, -0.25) is 0 Å². The third kappa shape index (κ3) is 5.29. The van der Waals surface area contributed by atoms with E-state index < -0.39 is 0 Å². The van der Waals surface area contributed by atoms with Crippen LogP contribution < -0.4 is 45.1 Å². The zero-order chi connectivity index (χ0) is 40.9. The molecule has 0 amide bonds. The van der Waals surface area contributed by atoms with E-state index >= 15 is 0 Å². The molecule has 0 saturated carbocycles. The van der Waals surface area contributed by atoms with Gasteiger partial charge in [0.1, 0.15) is 26.4 Å². The van der Waals surface area contributed by atoms with Gasteiger partial charge in [-0.15, -0.1) is 22.7 Å². The van der Waals surface area contributed by atoms with E-state index in [9.17, 15) is 0 Å². The maximum Gasteiger partial charge on any atom is 0.256 e. The number of thiophene rings is 2. The Hall–Kier alpha value is -5.12. The fourth-order valence-corrected chi connectivity index (χ4v) is 12.5. The molecule has 0 saturated heterocycles. The highest BCUT2D eigenvalue weighted by Gasteiger charge is 2.48. The molecule has 9 heteroatoms. The first-order chi connectivity index (χ1) is 28.2. The summed E-state index contributed by atoms with van der Waals surface area (Å²) in [5.74, 6) is 3.33. The fraction of sp³-hybridized carbons (Fsp3) is 0.320. The van der Waals surface area contributed by atoms with Crippen molar-refractivity contribution in [2.75, 3.05) is 36.2 Å². The predicted octanol–water partition coefficient (Wildman–Crippen LogP) is 11.6. The van der Waals surface area contributed by atoms with Crippen molar-refractivity contribution in [3.05, 3.63) is 100 Å². The first-order valence-corrected chi connectivity index (χ1v) is 22.5. The van der Waals surface area contributed by atoms with Gasteiger partial charge in [0.2, 0.25) is 0 Å². The molecule has 298 valence electrons. The summed E-state index contributed by atoms with van der Waals surface area (Å²) in [4.78, 5) is 5.13. The standard InChI is InChI=1S/C50H49BN2O4S2/c1-26-22-36-45(56-20-18-54-36)28(3)43(26)52-34-12-11-13-35-42(34)51(40-32-24-30(49(5,6)7)14-16-38(32)58-47(40)52)41-33-25-31(50(8,9)10)15-17-39(33)59-48(41)53(35)44-27(2)23-37-46(29(44)4)57-21-19-55-37/h11-17,22-25H,18-21H2,1-10H3. The van der Waals surface area contributed by atoms with Gasteiger partial charge in [-0.05, 0) is 124 Å². The number of fused-ring (bicyclic) bond motifs is 10. The van der Waals surface area contributed by atoms with Crippen LogP contribution in [0.5, 0.6) is 23.0 Å². The first-order valence-electron chi connectivity index (χ1n) is 20.9. The quantitative estimate of drug-likeness (QED) is 0.162. The van der Waals surface area contributed by atoms with Gasteiger partial charge in [-0.2, -0.15) is 0 Å². The minimum absolute atomic E-state index is 0.0118. The third-order valence-electron chi connectivity index (χ3n) is 12.9. The van der Waals surface area contributed by atoms with Gasteiger partial charge in [0.25, 0.3) is 6.71 Å². The predicted molar refractivity (Wildman–Crippen MR) is 250 cm³/mol. The van der Waals surface area contributed by atoms with Crippen molar-refractivity contribution in [2.24, 2.45) is 0 Å². The average molecular weight is 817 g/mol. The Balaban J connectivity index is 1.30. The topological polar surface area (TPSA) is 43.4 Å². The highest BCUT2D eigenvalue weighted by atomic mass is 32.1. The number of ether oxygens (including phenoxy) is 4. The molecule has 59 heavy (non-hydrogen) atoms. The van der Waals surface area contributed by atoms with Gasteiger partial charge < -0.3 is 28.7 Å². The molecular weight excluding hydrogens is 768 g/mol. The number of benzene rings is 5. The lowest BCUT2D eigenvalue weighted by Gasteiger charge is -2.43. The van der Waals surface area contributed by atoms with E-state index in [0.29, 0.717) is 26.4 Å². The van der Waals surface area contributed by atoms with Gasteiger partial charge in [-0.25, -0.2) is 0 Å². The van der Waals surface area contributed by atoms with Crippen LogP contribution in [0.15, 0.2) is 66.7 Å². The molecule has 4 aliphatic rings. The number of nitrogens with zero attached hydrogens (tertiary/aromatic N) is 2. The number of hydrogen-bond donors (Lipinski definition) is 0. The Morgan fingerprint density at radius 1 is 0.525 bits per heavy atom. The monoisotopic (exact) mass is 816 g/mol. The molecule has 0 aliphatic carbocycles. The van der Waals surface area contributed by atoms with Crippen LogP contribution in [0.3, 0.4) is 0 Å². The second-order valence-electron chi connectivity index (χ2n) is 18.8. The molecule has 4 aliphatic heterocycles. The van der Waals surface area contributed by atoms with Gasteiger partial charge in [0, 0.05) is 31.9 Å². The van der Waals surface area contributed by atoms with Gasteiger partial charge in [-0.1, -0.05) is 71.9 Å². The van der Waals surface area contributed by atoms with Crippen LogP contribution >= 0.6 is 22.7 Å². The summed E-state index contributed by atoms with van der Waals surface area (Å²) in [7, 11) is 0.